The van der Waals surface area contributed by atoms with E-state index in [1.165, 1.54) is 0 Å². The number of anilines is 1. The quantitative estimate of drug-likeness (QED) is 0.718. The van der Waals surface area contributed by atoms with Crippen LogP contribution in [0, 0.1) is 18.3 Å². The number of hydrogen-bond donors (Lipinski definition) is 1. The first-order valence-electron chi connectivity index (χ1n) is 8.79. The van der Waals surface area contributed by atoms with Crippen LogP contribution in [0.3, 0.4) is 0 Å². The number of hydrogen-bond acceptors (Lipinski definition) is 5. The van der Waals surface area contributed by atoms with Crippen LogP contribution in [0.5, 0.6) is 5.88 Å². The largest absolute Gasteiger partial charge is 0.476 e. The predicted octanol–water partition coefficient (Wildman–Crippen LogP) is 3.97. The lowest BCUT2D eigenvalue weighted by molar-refractivity contribution is -0.116. The van der Waals surface area contributed by atoms with E-state index in [0.29, 0.717) is 23.3 Å². The molecule has 0 saturated heterocycles. The van der Waals surface area contributed by atoms with Crippen LogP contribution in [0.1, 0.15) is 30.5 Å². The summed E-state index contributed by atoms with van der Waals surface area (Å²) in [5.41, 5.74) is 3.14. The lowest BCUT2D eigenvalue weighted by Gasteiger charge is -2.15. The molecule has 0 radical (unpaired) electrons. The van der Waals surface area contributed by atoms with Gasteiger partial charge in [-0.05, 0) is 43.2 Å². The van der Waals surface area contributed by atoms with E-state index in [2.05, 4.69) is 15.3 Å². The summed E-state index contributed by atoms with van der Waals surface area (Å²) in [6.07, 6.45) is 0.778. The Kier molecular flexibility index (Phi) is 5.62. The fourth-order valence-corrected chi connectivity index (χ4v) is 2.67. The van der Waals surface area contributed by atoms with E-state index in [1.807, 2.05) is 56.3 Å². The Labute approximate surface area is 157 Å². The minimum absolute atomic E-state index is 0.224. The van der Waals surface area contributed by atoms with Gasteiger partial charge in [-0.1, -0.05) is 31.2 Å². The number of nitrogens with zero attached hydrogens (tertiary/aromatic N) is 3. The molecule has 1 N–H and O–H groups in total. The monoisotopic (exact) mass is 360 g/mol. The summed E-state index contributed by atoms with van der Waals surface area (Å²) < 4.78 is 5.69. The molecule has 1 heterocycles. The first-order valence-corrected chi connectivity index (χ1v) is 8.79. The summed E-state index contributed by atoms with van der Waals surface area (Å²) in [4.78, 5) is 21.7. The highest BCUT2D eigenvalue weighted by atomic mass is 16.5. The molecular weight excluding hydrogens is 340 g/mol. The molecule has 6 nitrogen and oxygen atoms in total. The zero-order valence-electron chi connectivity index (χ0n) is 15.3. The molecule has 0 fully saturated rings. The van der Waals surface area contributed by atoms with Crippen molar-refractivity contribution in [2.75, 3.05) is 11.9 Å². The van der Waals surface area contributed by atoms with E-state index >= 15 is 0 Å². The fourth-order valence-electron chi connectivity index (χ4n) is 2.67. The van der Waals surface area contributed by atoms with Crippen LogP contribution in [0.25, 0.3) is 11.0 Å². The average molecular weight is 360 g/mol. The van der Waals surface area contributed by atoms with Crippen molar-refractivity contribution in [3.05, 3.63) is 59.8 Å². The molecule has 0 spiro atoms. The zero-order chi connectivity index (χ0) is 19.2. The highest BCUT2D eigenvalue weighted by molar-refractivity contribution is 5.98. The second kappa shape index (κ2) is 8.28. The summed E-state index contributed by atoms with van der Waals surface area (Å²) in [7, 11) is 0. The summed E-state index contributed by atoms with van der Waals surface area (Å²) >= 11 is 0. The van der Waals surface area contributed by atoms with Crippen molar-refractivity contribution in [1.29, 1.82) is 5.26 Å². The van der Waals surface area contributed by atoms with Crippen LogP contribution >= 0.6 is 0 Å². The minimum atomic E-state index is -1.13. The number of amides is 1. The molecule has 0 saturated carbocycles. The van der Waals surface area contributed by atoms with Gasteiger partial charge in [-0.25, -0.2) is 9.97 Å². The summed E-state index contributed by atoms with van der Waals surface area (Å²) in [5, 5.41) is 12.4. The molecule has 1 aromatic heterocycles. The molecule has 0 aliphatic carbocycles. The second-order valence-electron chi connectivity index (χ2n) is 6.17. The predicted molar refractivity (Wildman–Crippen MR) is 103 cm³/mol. The first-order chi connectivity index (χ1) is 13.1. The lowest BCUT2D eigenvalue weighted by Crippen LogP contribution is -2.22. The Hall–Kier alpha value is -3.46. The van der Waals surface area contributed by atoms with Crippen LogP contribution in [-0.4, -0.2) is 22.5 Å². The summed E-state index contributed by atoms with van der Waals surface area (Å²) in [6.45, 7) is 4.33. The van der Waals surface area contributed by atoms with Crippen LogP contribution in [0.2, 0.25) is 0 Å². The van der Waals surface area contributed by atoms with Crippen molar-refractivity contribution in [3.63, 3.8) is 0 Å². The SMILES string of the molecule is CCCOc1nc2ccccc2nc1[C@H](C#N)C(=O)Nc1cccc(C)c1. The maximum Gasteiger partial charge on any atom is 0.248 e. The number of ether oxygens (including phenoxy) is 1. The van der Waals surface area contributed by atoms with Crippen molar-refractivity contribution < 1.29 is 9.53 Å². The van der Waals surface area contributed by atoms with E-state index in [4.69, 9.17) is 4.74 Å². The Balaban J connectivity index is 1.98. The Morgan fingerprint density at radius 3 is 2.59 bits per heavy atom. The minimum Gasteiger partial charge on any atom is -0.476 e. The second-order valence-corrected chi connectivity index (χ2v) is 6.17. The number of carbonyl (C=O) groups is 1. The van der Waals surface area contributed by atoms with Gasteiger partial charge in [0, 0.05) is 5.69 Å². The van der Waals surface area contributed by atoms with Gasteiger partial charge < -0.3 is 10.1 Å². The number of nitrogens with one attached hydrogen (secondary N) is 1. The molecule has 3 aromatic rings. The molecule has 0 aliphatic heterocycles. The molecule has 27 heavy (non-hydrogen) atoms. The topological polar surface area (TPSA) is 87.9 Å². The van der Waals surface area contributed by atoms with E-state index in [0.717, 1.165) is 12.0 Å². The molecule has 0 bridgehead atoms. The van der Waals surface area contributed by atoms with E-state index in [1.54, 1.807) is 12.1 Å². The molecule has 3 rings (SSSR count). The fraction of sp³-hybridized carbons (Fsp3) is 0.238. The number of nitriles is 1. The van der Waals surface area contributed by atoms with E-state index < -0.39 is 11.8 Å². The zero-order valence-corrected chi connectivity index (χ0v) is 15.3. The number of aromatic nitrogens is 2. The number of aryl methyl sites for hydroxylation is 1. The molecule has 6 heteroatoms. The van der Waals surface area contributed by atoms with Crippen molar-refractivity contribution in [2.24, 2.45) is 0 Å². The molecule has 0 aliphatic rings. The molecule has 1 atom stereocenters. The smallest absolute Gasteiger partial charge is 0.248 e. The number of carbonyl (C=O) groups excluding carboxylic acids is 1. The van der Waals surface area contributed by atoms with Gasteiger partial charge in [-0.2, -0.15) is 5.26 Å². The third kappa shape index (κ3) is 4.21. The van der Waals surface area contributed by atoms with Crippen molar-refractivity contribution in [3.8, 4) is 11.9 Å². The van der Waals surface area contributed by atoms with Gasteiger partial charge in [-0.15, -0.1) is 0 Å². The van der Waals surface area contributed by atoms with E-state index in [-0.39, 0.29) is 11.6 Å². The van der Waals surface area contributed by atoms with E-state index in [9.17, 15) is 10.1 Å². The highest BCUT2D eigenvalue weighted by Gasteiger charge is 2.27. The Morgan fingerprint density at radius 2 is 1.93 bits per heavy atom. The van der Waals surface area contributed by atoms with Gasteiger partial charge in [0.25, 0.3) is 0 Å². The van der Waals surface area contributed by atoms with Gasteiger partial charge in [0.2, 0.25) is 11.8 Å². The number of para-hydroxylation sites is 2. The number of rotatable bonds is 6. The standard InChI is InChI=1S/C21H20N4O2/c1-3-11-27-21-19(24-17-9-4-5-10-18(17)25-21)16(13-22)20(26)23-15-8-6-7-14(2)12-15/h4-10,12,16H,3,11H2,1-2H3,(H,23,26)/t16-/m0/s1. The van der Waals surface area contributed by atoms with Gasteiger partial charge in [0.05, 0.1) is 23.7 Å². The number of benzene rings is 2. The summed E-state index contributed by atoms with van der Waals surface area (Å²) in [5.74, 6) is -1.37. The third-order valence-corrected chi connectivity index (χ3v) is 3.96. The first kappa shape index (κ1) is 18.3. The van der Waals surface area contributed by atoms with Crippen LogP contribution in [0.15, 0.2) is 48.5 Å². The van der Waals surface area contributed by atoms with Crippen molar-refractivity contribution >= 4 is 22.6 Å². The highest BCUT2D eigenvalue weighted by Crippen LogP contribution is 2.27. The third-order valence-electron chi connectivity index (χ3n) is 3.96. The average Bonchev–Trinajstić information content (AvgIpc) is 2.66. The van der Waals surface area contributed by atoms with Gasteiger partial charge in [0.1, 0.15) is 5.69 Å². The number of fused-ring (bicyclic) bond motifs is 1. The molecular formula is C21H20N4O2. The lowest BCUT2D eigenvalue weighted by atomic mass is 10.1. The van der Waals surface area contributed by atoms with Crippen molar-refractivity contribution in [2.45, 2.75) is 26.2 Å². The normalized spacial score (nSPS) is 11.6. The summed E-state index contributed by atoms with van der Waals surface area (Å²) in [6, 6.07) is 16.7. The van der Waals surface area contributed by atoms with Gasteiger partial charge in [0.15, 0.2) is 5.92 Å². The maximum atomic E-state index is 12.8. The maximum absolute atomic E-state index is 12.8. The van der Waals surface area contributed by atoms with Crippen LogP contribution < -0.4 is 10.1 Å². The molecule has 1 amide bonds. The Morgan fingerprint density at radius 1 is 1.19 bits per heavy atom. The molecule has 2 aromatic carbocycles. The van der Waals surface area contributed by atoms with Crippen molar-refractivity contribution in [1.82, 2.24) is 9.97 Å². The van der Waals surface area contributed by atoms with Gasteiger partial charge in [-0.3, -0.25) is 4.79 Å². The Bertz CT molecular complexity index is 1010. The van der Waals surface area contributed by atoms with Crippen LogP contribution in [-0.2, 0) is 4.79 Å². The van der Waals surface area contributed by atoms with Crippen LogP contribution in [0.4, 0.5) is 5.69 Å². The molecule has 136 valence electrons. The molecule has 0 unspecified atom stereocenters. The van der Waals surface area contributed by atoms with Gasteiger partial charge >= 0.3 is 0 Å².